The molecule has 30 heavy (non-hydrogen) atoms. The summed E-state index contributed by atoms with van der Waals surface area (Å²) in [5.41, 5.74) is 0.862. The van der Waals surface area contributed by atoms with Gasteiger partial charge in [-0.15, -0.1) is 0 Å². The van der Waals surface area contributed by atoms with Crippen molar-refractivity contribution in [2.45, 2.75) is 18.3 Å². The number of benzene rings is 2. The molecular formula is C21H26N2O6S. The highest BCUT2D eigenvalue weighted by atomic mass is 32.2. The number of nitrogens with zero attached hydrogens (tertiary/aromatic N) is 1. The Balaban J connectivity index is 1.86. The summed E-state index contributed by atoms with van der Waals surface area (Å²) in [4.78, 5) is 12.8. The summed E-state index contributed by atoms with van der Waals surface area (Å²) in [6.07, 6.45) is 0.873. The Kier molecular flexibility index (Phi) is 6.64. The maximum atomic E-state index is 12.8. The van der Waals surface area contributed by atoms with Crippen LogP contribution in [-0.2, 0) is 15.7 Å². The number of amides is 1. The van der Waals surface area contributed by atoms with E-state index in [4.69, 9.17) is 9.47 Å². The molecular weight excluding hydrogens is 408 g/mol. The number of carbonyl (C=O) groups is 1. The number of piperidine rings is 1. The van der Waals surface area contributed by atoms with Crippen molar-refractivity contribution in [1.82, 2.24) is 9.62 Å². The van der Waals surface area contributed by atoms with Crippen LogP contribution in [0.1, 0.15) is 28.8 Å². The molecule has 2 aromatic rings. The molecule has 0 bridgehead atoms. The maximum absolute atomic E-state index is 12.8. The van der Waals surface area contributed by atoms with E-state index in [1.807, 2.05) is 24.3 Å². The Morgan fingerprint density at radius 1 is 1.10 bits per heavy atom. The molecule has 8 nitrogen and oxygen atoms in total. The first kappa shape index (κ1) is 22.1. The van der Waals surface area contributed by atoms with E-state index in [-0.39, 0.29) is 19.0 Å². The predicted molar refractivity (Wildman–Crippen MR) is 112 cm³/mol. The van der Waals surface area contributed by atoms with Crippen LogP contribution < -0.4 is 14.8 Å². The highest BCUT2D eigenvalue weighted by molar-refractivity contribution is 7.83. The molecule has 0 aromatic heterocycles. The van der Waals surface area contributed by atoms with E-state index in [1.165, 1.54) is 7.11 Å². The Morgan fingerprint density at radius 3 is 2.43 bits per heavy atom. The fourth-order valence-electron chi connectivity index (χ4n) is 3.84. The molecule has 3 rings (SSSR count). The zero-order chi connectivity index (χ0) is 21.8. The molecule has 0 aliphatic carbocycles. The van der Waals surface area contributed by atoms with E-state index in [2.05, 4.69) is 5.32 Å². The van der Waals surface area contributed by atoms with Crippen LogP contribution in [0.25, 0.3) is 0 Å². The van der Waals surface area contributed by atoms with Crippen molar-refractivity contribution in [3.63, 3.8) is 0 Å². The SMILES string of the molecule is COc1cccc(C2(CNC(=O)c3ccccc3OC)CCN(S(=O)(=O)O)CC2)c1. The molecule has 1 saturated heterocycles. The Hall–Kier alpha value is -2.62. The molecule has 1 fully saturated rings. The summed E-state index contributed by atoms with van der Waals surface area (Å²) >= 11 is 0. The Bertz CT molecular complexity index is 1000. The van der Waals surface area contributed by atoms with Gasteiger partial charge < -0.3 is 14.8 Å². The third-order valence-electron chi connectivity index (χ3n) is 5.63. The topological polar surface area (TPSA) is 105 Å². The van der Waals surface area contributed by atoms with Crippen LogP contribution in [0, 0.1) is 0 Å². The molecule has 0 unspecified atom stereocenters. The molecule has 1 aliphatic rings. The number of nitrogens with one attached hydrogen (secondary N) is 1. The first-order valence-electron chi connectivity index (χ1n) is 9.57. The lowest BCUT2D eigenvalue weighted by Gasteiger charge is -2.41. The van der Waals surface area contributed by atoms with Crippen LogP contribution in [0.3, 0.4) is 0 Å². The molecule has 9 heteroatoms. The normalized spacial score (nSPS) is 16.6. The lowest BCUT2D eigenvalue weighted by Crippen LogP contribution is -2.50. The third-order valence-corrected chi connectivity index (χ3v) is 6.64. The Morgan fingerprint density at radius 2 is 1.80 bits per heavy atom. The number of hydrogen-bond acceptors (Lipinski definition) is 5. The van der Waals surface area contributed by atoms with E-state index >= 15 is 0 Å². The van der Waals surface area contributed by atoms with Gasteiger partial charge in [-0.2, -0.15) is 12.7 Å². The van der Waals surface area contributed by atoms with Crippen LogP contribution in [0.15, 0.2) is 48.5 Å². The van der Waals surface area contributed by atoms with E-state index in [0.29, 0.717) is 36.4 Å². The van der Waals surface area contributed by atoms with Crippen molar-refractivity contribution < 1.29 is 27.2 Å². The van der Waals surface area contributed by atoms with E-state index < -0.39 is 15.7 Å². The predicted octanol–water partition coefficient (Wildman–Crippen LogP) is 2.27. The van der Waals surface area contributed by atoms with Crippen molar-refractivity contribution in [1.29, 1.82) is 0 Å². The minimum absolute atomic E-state index is 0.153. The van der Waals surface area contributed by atoms with Gasteiger partial charge in [-0.25, -0.2) is 0 Å². The monoisotopic (exact) mass is 434 g/mol. The van der Waals surface area contributed by atoms with Crippen LogP contribution in [0.4, 0.5) is 0 Å². The summed E-state index contributed by atoms with van der Waals surface area (Å²) < 4.78 is 44.1. The summed E-state index contributed by atoms with van der Waals surface area (Å²) in [6.45, 7) is 0.609. The second kappa shape index (κ2) is 9.03. The second-order valence-corrected chi connectivity index (χ2v) is 8.68. The molecule has 2 aromatic carbocycles. The molecule has 0 radical (unpaired) electrons. The van der Waals surface area contributed by atoms with Gasteiger partial charge in [0.2, 0.25) is 0 Å². The molecule has 0 spiro atoms. The van der Waals surface area contributed by atoms with Crippen molar-refractivity contribution in [3.05, 3.63) is 59.7 Å². The van der Waals surface area contributed by atoms with E-state index in [0.717, 1.165) is 9.87 Å². The van der Waals surface area contributed by atoms with Crippen molar-refractivity contribution in [2.24, 2.45) is 0 Å². The number of hydrogen-bond donors (Lipinski definition) is 2. The quantitative estimate of drug-likeness (QED) is 0.648. The summed E-state index contributed by atoms with van der Waals surface area (Å²) in [5.74, 6) is 0.888. The third kappa shape index (κ3) is 4.75. The number of methoxy groups -OCH3 is 2. The highest BCUT2D eigenvalue weighted by Gasteiger charge is 2.39. The van der Waals surface area contributed by atoms with Crippen LogP contribution >= 0.6 is 0 Å². The van der Waals surface area contributed by atoms with Gasteiger partial charge >= 0.3 is 10.3 Å². The molecule has 1 amide bonds. The Labute approximate surface area is 176 Å². The molecule has 162 valence electrons. The van der Waals surface area contributed by atoms with E-state index in [9.17, 15) is 17.8 Å². The number of rotatable bonds is 7. The molecule has 1 heterocycles. The fraction of sp³-hybridized carbons (Fsp3) is 0.381. The fourth-order valence-corrected chi connectivity index (χ4v) is 4.49. The molecule has 0 atom stereocenters. The lowest BCUT2D eigenvalue weighted by molar-refractivity contribution is 0.0929. The minimum atomic E-state index is -4.25. The van der Waals surface area contributed by atoms with Crippen LogP contribution in [0.5, 0.6) is 11.5 Å². The smallest absolute Gasteiger partial charge is 0.335 e. The van der Waals surface area contributed by atoms with Crippen LogP contribution in [0.2, 0.25) is 0 Å². The molecule has 1 aliphatic heterocycles. The van der Waals surface area contributed by atoms with Gasteiger partial charge in [0.05, 0.1) is 19.8 Å². The summed E-state index contributed by atoms with van der Waals surface area (Å²) in [5, 5.41) is 2.98. The standard InChI is InChI=1S/C21H26N2O6S/c1-28-17-7-5-6-16(14-17)21(10-12-23(13-11-21)30(25,26)27)15-22-20(24)18-8-3-4-9-19(18)29-2/h3-9,14H,10-13,15H2,1-2H3,(H,22,24)(H,25,26,27). The average Bonchev–Trinajstić information content (AvgIpc) is 2.77. The average molecular weight is 435 g/mol. The van der Waals surface area contributed by atoms with Crippen molar-refractivity contribution in [3.8, 4) is 11.5 Å². The van der Waals surface area contributed by atoms with Crippen LogP contribution in [-0.4, -0.2) is 57.0 Å². The minimum Gasteiger partial charge on any atom is -0.497 e. The maximum Gasteiger partial charge on any atom is 0.335 e. The molecule has 2 N–H and O–H groups in total. The largest absolute Gasteiger partial charge is 0.497 e. The van der Waals surface area contributed by atoms with Gasteiger partial charge in [0.15, 0.2) is 0 Å². The zero-order valence-corrected chi connectivity index (χ0v) is 17.8. The first-order valence-corrected chi connectivity index (χ1v) is 11.0. The molecule has 0 saturated carbocycles. The zero-order valence-electron chi connectivity index (χ0n) is 17.0. The second-order valence-electron chi connectivity index (χ2n) is 7.27. The first-order chi connectivity index (χ1) is 14.3. The van der Waals surface area contributed by atoms with Gasteiger partial charge in [0.1, 0.15) is 11.5 Å². The van der Waals surface area contributed by atoms with Gasteiger partial charge in [0.25, 0.3) is 5.91 Å². The van der Waals surface area contributed by atoms with E-state index in [1.54, 1.807) is 31.4 Å². The van der Waals surface area contributed by atoms with Gasteiger partial charge in [-0.3, -0.25) is 9.35 Å². The van der Waals surface area contributed by atoms with Crippen molar-refractivity contribution >= 4 is 16.2 Å². The van der Waals surface area contributed by atoms with Gasteiger partial charge in [-0.05, 0) is 42.7 Å². The van der Waals surface area contributed by atoms with Gasteiger partial charge in [0, 0.05) is 25.0 Å². The summed E-state index contributed by atoms with van der Waals surface area (Å²) in [7, 11) is -1.16. The summed E-state index contributed by atoms with van der Waals surface area (Å²) in [6, 6.07) is 14.5. The number of ether oxygens (including phenoxy) is 2. The lowest BCUT2D eigenvalue weighted by atomic mass is 9.73. The highest BCUT2D eigenvalue weighted by Crippen LogP contribution is 2.37. The number of para-hydroxylation sites is 1. The van der Waals surface area contributed by atoms with Crippen molar-refractivity contribution in [2.75, 3.05) is 33.9 Å². The number of carbonyl (C=O) groups excluding carboxylic acids is 1. The van der Waals surface area contributed by atoms with Gasteiger partial charge in [-0.1, -0.05) is 24.3 Å².